The first-order valence-corrected chi connectivity index (χ1v) is 7.75. The summed E-state index contributed by atoms with van der Waals surface area (Å²) in [5.41, 5.74) is 0.905. The molecule has 2 aromatic heterocycles. The smallest absolute Gasteiger partial charge is 0.226 e. The van der Waals surface area contributed by atoms with Crippen LogP contribution in [-0.4, -0.2) is 65.8 Å². The molecule has 10 heteroatoms. The van der Waals surface area contributed by atoms with Gasteiger partial charge in [-0.3, -0.25) is 4.57 Å². The Morgan fingerprint density at radius 2 is 2.09 bits per heavy atom. The van der Waals surface area contributed by atoms with Crippen molar-refractivity contribution < 1.29 is 20.1 Å². The molecule has 0 unspecified atom stereocenters. The van der Waals surface area contributed by atoms with E-state index in [2.05, 4.69) is 20.3 Å². The van der Waals surface area contributed by atoms with E-state index in [1.54, 1.807) is 0 Å². The number of aromatic nitrogens is 4. The first-order valence-electron chi connectivity index (χ1n) is 7.37. The van der Waals surface area contributed by atoms with Crippen LogP contribution in [0.5, 0.6) is 0 Å². The second kappa shape index (κ2) is 5.53. The van der Waals surface area contributed by atoms with Crippen LogP contribution in [0.15, 0.2) is 6.33 Å². The van der Waals surface area contributed by atoms with Crippen molar-refractivity contribution in [2.45, 2.75) is 43.4 Å². The lowest BCUT2D eigenvalue weighted by Gasteiger charge is -2.16. The van der Waals surface area contributed by atoms with Gasteiger partial charge in [0.25, 0.3) is 0 Å². The van der Waals surface area contributed by atoms with Gasteiger partial charge in [0.1, 0.15) is 18.3 Å². The molecule has 2 aromatic rings. The fraction of sp³-hybridized carbons (Fsp3) is 0.615. The quantitative estimate of drug-likeness (QED) is 0.557. The van der Waals surface area contributed by atoms with Crippen molar-refractivity contribution in [2.24, 2.45) is 0 Å². The summed E-state index contributed by atoms with van der Waals surface area (Å²) in [5, 5.41) is 32.5. The van der Waals surface area contributed by atoms with E-state index < -0.39 is 31.1 Å². The number of nitrogens with one attached hydrogen (secondary N) is 1. The highest BCUT2D eigenvalue weighted by Crippen LogP contribution is 2.33. The minimum absolute atomic E-state index is 0.0501. The third kappa shape index (κ3) is 2.54. The summed E-state index contributed by atoms with van der Waals surface area (Å²) in [5.74, 6) is 0.535. The van der Waals surface area contributed by atoms with Crippen LogP contribution in [0.2, 0.25) is 5.28 Å². The molecular weight excluding hydrogens is 326 g/mol. The molecule has 1 saturated heterocycles. The second-order valence-corrected chi connectivity index (χ2v) is 6.15. The first kappa shape index (κ1) is 15.0. The summed E-state index contributed by atoms with van der Waals surface area (Å²) in [4.78, 5) is 12.6. The Labute approximate surface area is 135 Å². The standard InChI is InChI=1S/C13H16ClN5O4/c14-13-17-10(16-5-1-2-5)7-11(18-13)19(4-15-7)12-9(22)8(21)6(3-20)23-12/h4-6,8-9,12,20-22H,1-3H2,(H,16,17,18)/t6-,8-,9-,12-/m1/s1. The molecule has 4 rings (SSSR count). The molecule has 0 bridgehead atoms. The molecule has 3 heterocycles. The predicted molar refractivity (Wildman–Crippen MR) is 80.0 cm³/mol. The molecule has 2 fully saturated rings. The Balaban J connectivity index is 1.74. The lowest BCUT2D eigenvalue weighted by Crippen LogP contribution is -2.33. The van der Waals surface area contributed by atoms with Crippen molar-refractivity contribution in [1.82, 2.24) is 19.5 Å². The zero-order valence-corrected chi connectivity index (χ0v) is 12.8. The summed E-state index contributed by atoms with van der Waals surface area (Å²) >= 11 is 5.99. The van der Waals surface area contributed by atoms with Gasteiger partial charge in [0.2, 0.25) is 5.28 Å². The Bertz CT molecular complexity index is 736. The maximum atomic E-state index is 10.2. The van der Waals surface area contributed by atoms with E-state index in [0.29, 0.717) is 23.0 Å². The van der Waals surface area contributed by atoms with E-state index in [-0.39, 0.29) is 5.28 Å². The molecule has 4 atom stereocenters. The van der Waals surface area contributed by atoms with Crippen molar-refractivity contribution in [3.8, 4) is 0 Å². The molecule has 1 saturated carbocycles. The van der Waals surface area contributed by atoms with Gasteiger partial charge >= 0.3 is 0 Å². The highest BCUT2D eigenvalue weighted by atomic mass is 35.5. The SMILES string of the molecule is OC[C@H]1O[C@@H](n2cnc3c(NC4CC4)nc(Cl)nc32)[C@H](O)[C@@H]1O. The summed E-state index contributed by atoms with van der Waals surface area (Å²) in [6.07, 6.45) is -0.589. The zero-order chi connectivity index (χ0) is 16.1. The molecule has 4 N–H and O–H groups in total. The fourth-order valence-electron chi connectivity index (χ4n) is 2.71. The van der Waals surface area contributed by atoms with Crippen LogP contribution in [-0.2, 0) is 4.74 Å². The number of anilines is 1. The average molecular weight is 342 g/mol. The summed E-state index contributed by atoms with van der Waals surface area (Å²) in [6, 6.07) is 0.364. The van der Waals surface area contributed by atoms with Crippen molar-refractivity contribution in [3.63, 3.8) is 0 Å². The lowest BCUT2D eigenvalue weighted by molar-refractivity contribution is -0.0511. The third-order valence-electron chi connectivity index (χ3n) is 4.10. The number of ether oxygens (including phenoxy) is 1. The van der Waals surface area contributed by atoms with Gasteiger partial charge in [-0.1, -0.05) is 0 Å². The Hall–Kier alpha value is -1.52. The molecule has 1 aliphatic heterocycles. The van der Waals surface area contributed by atoms with Crippen molar-refractivity contribution in [1.29, 1.82) is 0 Å². The molecule has 0 spiro atoms. The summed E-state index contributed by atoms with van der Waals surface area (Å²) in [7, 11) is 0. The normalized spacial score (nSPS) is 31.0. The average Bonchev–Trinajstić information content (AvgIpc) is 3.17. The third-order valence-corrected chi connectivity index (χ3v) is 4.27. The van der Waals surface area contributed by atoms with Crippen LogP contribution in [0.3, 0.4) is 0 Å². The number of aliphatic hydroxyl groups excluding tert-OH is 3. The molecule has 0 radical (unpaired) electrons. The van der Waals surface area contributed by atoms with Crippen LogP contribution in [0, 0.1) is 0 Å². The monoisotopic (exact) mass is 341 g/mol. The van der Waals surface area contributed by atoms with Gasteiger partial charge in [-0.15, -0.1) is 0 Å². The van der Waals surface area contributed by atoms with Crippen LogP contribution < -0.4 is 5.32 Å². The van der Waals surface area contributed by atoms with Gasteiger partial charge in [0.15, 0.2) is 23.2 Å². The predicted octanol–water partition coefficient (Wildman–Crippen LogP) is -0.335. The number of nitrogens with zero attached hydrogens (tertiary/aromatic N) is 4. The van der Waals surface area contributed by atoms with Crippen molar-refractivity contribution in [2.75, 3.05) is 11.9 Å². The van der Waals surface area contributed by atoms with E-state index in [1.165, 1.54) is 10.9 Å². The summed E-state index contributed by atoms with van der Waals surface area (Å²) in [6.45, 7) is -0.397. The van der Waals surface area contributed by atoms with Crippen LogP contribution in [0.25, 0.3) is 11.2 Å². The van der Waals surface area contributed by atoms with Gasteiger partial charge in [-0.05, 0) is 24.4 Å². The maximum absolute atomic E-state index is 10.2. The first-order chi connectivity index (χ1) is 11.1. The van der Waals surface area contributed by atoms with Crippen molar-refractivity contribution in [3.05, 3.63) is 11.6 Å². The molecule has 2 aliphatic rings. The molecule has 124 valence electrons. The van der Waals surface area contributed by atoms with Crippen LogP contribution in [0.1, 0.15) is 19.1 Å². The number of aliphatic hydroxyl groups is 3. The Kier molecular flexibility index (Phi) is 3.62. The minimum Gasteiger partial charge on any atom is -0.394 e. The number of halogens is 1. The van der Waals surface area contributed by atoms with E-state index in [9.17, 15) is 15.3 Å². The number of hydrogen-bond acceptors (Lipinski definition) is 8. The van der Waals surface area contributed by atoms with Gasteiger partial charge in [-0.25, -0.2) is 4.98 Å². The number of imidazole rings is 1. The maximum Gasteiger partial charge on any atom is 0.226 e. The Morgan fingerprint density at radius 3 is 2.74 bits per heavy atom. The molecule has 23 heavy (non-hydrogen) atoms. The van der Waals surface area contributed by atoms with Crippen LogP contribution >= 0.6 is 11.6 Å². The minimum atomic E-state index is -1.21. The Morgan fingerprint density at radius 1 is 1.30 bits per heavy atom. The summed E-state index contributed by atoms with van der Waals surface area (Å²) < 4.78 is 7.00. The second-order valence-electron chi connectivity index (χ2n) is 5.81. The van der Waals surface area contributed by atoms with Gasteiger partial charge in [-0.2, -0.15) is 9.97 Å². The van der Waals surface area contributed by atoms with E-state index in [4.69, 9.17) is 16.3 Å². The molecule has 0 amide bonds. The molecule has 9 nitrogen and oxygen atoms in total. The number of hydrogen-bond donors (Lipinski definition) is 4. The van der Waals surface area contributed by atoms with Gasteiger partial charge in [0.05, 0.1) is 12.9 Å². The van der Waals surface area contributed by atoms with E-state index >= 15 is 0 Å². The zero-order valence-electron chi connectivity index (χ0n) is 12.0. The highest BCUT2D eigenvalue weighted by Gasteiger charge is 2.44. The van der Waals surface area contributed by atoms with E-state index in [0.717, 1.165) is 12.8 Å². The van der Waals surface area contributed by atoms with E-state index in [1.807, 2.05) is 0 Å². The largest absolute Gasteiger partial charge is 0.394 e. The highest BCUT2D eigenvalue weighted by molar-refractivity contribution is 6.28. The van der Waals surface area contributed by atoms with Crippen LogP contribution in [0.4, 0.5) is 5.82 Å². The number of rotatable bonds is 4. The fourth-order valence-corrected chi connectivity index (χ4v) is 2.87. The molecule has 1 aliphatic carbocycles. The number of fused-ring (bicyclic) bond motifs is 1. The van der Waals surface area contributed by atoms with Gasteiger partial charge < -0.3 is 25.4 Å². The topological polar surface area (TPSA) is 126 Å². The molecular formula is C13H16ClN5O4. The molecule has 0 aromatic carbocycles. The van der Waals surface area contributed by atoms with Crippen molar-refractivity contribution >= 4 is 28.6 Å². The van der Waals surface area contributed by atoms with Gasteiger partial charge in [0, 0.05) is 6.04 Å². The lowest BCUT2D eigenvalue weighted by atomic mass is 10.1.